The van der Waals surface area contributed by atoms with Crippen LogP contribution in [-0.2, 0) is 9.59 Å². The van der Waals surface area contributed by atoms with Gasteiger partial charge in [0.25, 0.3) is 0 Å². The van der Waals surface area contributed by atoms with Crippen LogP contribution in [0.3, 0.4) is 0 Å². The number of nitrogens with zero attached hydrogens (tertiary/aromatic N) is 1. The van der Waals surface area contributed by atoms with Gasteiger partial charge >= 0.3 is 5.97 Å². The first kappa shape index (κ1) is 17.6. The van der Waals surface area contributed by atoms with Gasteiger partial charge in [-0.05, 0) is 26.7 Å². The molecule has 2 unspecified atom stereocenters. The van der Waals surface area contributed by atoms with Crippen molar-refractivity contribution in [2.45, 2.75) is 46.1 Å². The Kier molecular flexibility index (Phi) is 7.31. The molecular weight excluding hydrogens is 290 g/mol. The Hall–Kier alpha value is -1.47. The highest BCUT2D eigenvalue weighted by molar-refractivity contribution is 7.13. The highest BCUT2D eigenvalue weighted by atomic mass is 32.1. The summed E-state index contributed by atoms with van der Waals surface area (Å²) in [5.41, 5.74) is 0.893. The van der Waals surface area contributed by atoms with Gasteiger partial charge in [-0.1, -0.05) is 13.3 Å². The number of hydrogen-bond donors (Lipinski definition) is 3. The van der Waals surface area contributed by atoms with E-state index in [1.807, 2.05) is 19.2 Å². The molecule has 0 aliphatic heterocycles. The Morgan fingerprint density at radius 3 is 2.67 bits per heavy atom. The van der Waals surface area contributed by atoms with Gasteiger partial charge in [0.05, 0.1) is 18.2 Å². The van der Waals surface area contributed by atoms with Crippen LogP contribution in [0.15, 0.2) is 5.38 Å². The Bertz CT molecular complexity index is 476. The molecule has 0 aliphatic carbocycles. The summed E-state index contributed by atoms with van der Waals surface area (Å²) in [4.78, 5) is 26.6. The van der Waals surface area contributed by atoms with Crippen LogP contribution in [0.4, 0.5) is 5.13 Å². The molecule has 6 nitrogen and oxygen atoms in total. The van der Waals surface area contributed by atoms with Crippen molar-refractivity contribution < 1.29 is 14.7 Å². The van der Waals surface area contributed by atoms with Gasteiger partial charge < -0.3 is 15.7 Å². The standard InChI is InChI=1S/C14H23N3O3S/c1-9(13(19)20)5-4-6-10(2)15-7-12(18)17-14-16-11(3)8-21-14/h8-10,15H,4-7H2,1-3H3,(H,19,20)(H,16,17,18). The van der Waals surface area contributed by atoms with E-state index in [2.05, 4.69) is 15.6 Å². The van der Waals surface area contributed by atoms with Crippen LogP contribution in [-0.4, -0.2) is 34.6 Å². The van der Waals surface area contributed by atoms with Crippen LogP contribution in [0, 0.1) is 12.8 Å². The molecule has 0 saturated heterocycles. The third-order valence-electron chi connectivity index (χ3n) is 3.17. The number of carbonyl (C=O) groups is 2. The van der Waals surface area contributed by atoms with E-state index in [-0.39, 0.29) is 24.4 Å². The molecule has 7 heteroatoms. The Morgan fingerprint density at radius 2 is 2.10 bits per heavy atom. The zero-order valence-corrected chi connectivity index (χ0v) is 13.5. The normalized spacial score (nSPS) is 13.7. The molecule has 0 bridgehead atoms. The van der Waals surface area contributed by atoms with E-state index in [9.17, 15) is 9.59 Å². The van der Waals surface area contributed by atoms with Crippen LogP contribution in [0.25, 0.3) is 0 Å². The van der Waals surface area contributed by atoms with Crippen LogP contribution in [0.2, 0.25) is 0 Å². The maximum Gasteiger partial charge on any atom is 0.306 e. The van der Waals surface area contributed by atoms with E-state index in [0.29, 0.717) is 11.6 Å². The van der Waals surface area contributed by atoms with Crippen molar-refractivity contribution in [3.8, 4) is 0 Å². The predicted molar refractivity (Wildman–Crippen MR) is 83.6 cm³/mol. The number of carboxylic acid groups (broad SMARTS) is 1. The van der Waals surface area contributed by atoms with Gasteiger partial charge in [0.1, 0.15) is 0 Å². The summed E-state index contributed by atoms with van der Waals surface area (Å²) in [5, 5.41) is 17.2. The molecule has 118 valence electrons. The summed E-state index contributed by atoms with van der Waals surface area (Å²) in [6.45, 7) is 5.81. The maximum atomic E-state index is 11.7. The fourth-order valence-corrected chi connectivity index (χ4v) is 2.50. The highest BCUT2D eigenvalue weighted by Gasteiger charge is 2.12. The van der Waals surface area contributed by atoms with Gasteiger partial charge in [-0.3, -0.25) is 9.59 Å². The van der Waals surface area contributed by atoms with Gasteiger partial charge in [0.15, 0.2) is 5.13 Å². The first-order chi connectivity index (χ1) is 9.88. The molecule has 0 spiro atoms. The number of aromatic nitrogens is 1. The Labute approximate surface area is 129 Å². The van der Waals surface area contributed by atoms with Crippen LogP contribution >= 0.6 is 11.3 Å². The predicted octanol–water partition coefficient (Wildman–Crippen LogP) is 2.26. The van der Waals surface area contributed by atoms with Gasteiger partial charge in [-0.25, -0.2) is 4.98 Å². The summed E-state index contributed by atoms with van der Waals surface area (Å²) in [7, 11) is 0. The number of carbonyl (C=O) groups excluding carboxylic acids is 1. The van der Waals surface area contributed by atoms with Gasteiger partial charge in [0, 0.05) is 11.4 Å². The molecule has 0 saturated carbocycles. The number of carboxylic acids is 1. The second-order valence-electron chi connectivity index (χ2n) is 5.29. The summed E-state index contributed by atoms with van der Waals surface area (Å²) in [6.07, 6.45) is 2.34. The monoisotopic (exact) mass is 313 g/mol. The molecule has 0 radical (unpaired) electrons. The fourth-order valence-electron chi connectivity index (χ4n) is 1.80. The topological polar surface area (TPSA) is 91.3 Å². The molecule has 21 heavy (non-hydrogen) atoms. The highest BCUT2D eigenvalue weighted by Crippen LogP contribution is 2.14. The van der Waals surface area contributed by atoms with E-state index in [0.717, 1.165) is 18.5 Å². The van der Waals surface area contributed by atoms with Gasteiger partial charge in [-0.2, -0.15) is 0 Å². The molecule has 0 fully saturated rings. The van der Waals surface area contributed by atoms with E-state index in [1.54, 1.807) is 6.92 Å². The number of amides is 1. The molecule has 1 aromatic rings. The summed E-state index contributed by atoms with van der Waals surface area (Å²) in [5.74, 6) is -1.18. The summed E-state index contributed by atoms with van der Waals surface area (Å²) >= 11 is 1.41. The number of nitrogens with one attached hydrogen (secondary N) is 2. The van der Waals surface area contributed by atoms with Crippen LogP contribution in [0.5, 0.6) is 0 Å². The molecule has 1 rings (SSSR count). The second-order valence-corrected chi connectivity index (χ2v) is 6.15. The number of aryl methyl sites for hydroxylation is 1. The number of hydrogen-bond acceptors (Lipinski definition) is 5. The number of aliphatic carboxylic acids is 1. The molecule has 1 amide bonds. The largest absolute Gasteiger partial charge is 0.481 e. The van der Waals surface area contributed by atoms with E-state index < -0.39 is 5.97 Å². The zero-order chi connectivity index (χ0) is 15.8. The smallest absolute Gasteiger partial charge is 0.306 e. The maximum absolute atomic E-state index is 11.7. The lowest BCUT2D eigenvalue weighted by Crippen LogP contribution is -2.34. The van der Waals surface area contributed by atoms with Crippen molar-refractivity contribution in [3.05, 3.63) is 11.1 Å². The molecule has 3 N–H and O–H groups in total. The Morgan fingerprint density at radius 1 is 1.38 bits per heavy atom. The zero-order valence-electron chi connectivity index (χ0n) is 12.7. The number of thiazole rings is 1. The quantitative estimate of drug-likeness (QED) is 0.650. The molecule has 0 aromatic carbocycles. The summed E-state index contributed by atoms with van der Waals surface area (Å²) < 4.78 is 0. The fraction of sp³-hybridized carbons (Fsp3) is 0.643. The van der Waals surface area contributed by atoms with Gasteiger partial charge in [-0.15, -0.1) is 11.3 Å². The van der Waals surface area contributed by atoms with Crippen molar-refractivity contribution in [2.75, 3.05) is 11.9 Å². The summed E-state index contributed by atoms with van der Waals surface area (Å²) in [6, 6.07) is 0.176. The third kappa shape index (κ3) is 7.19. The van der Waals surface area contributed by atoms with Crippen molar-refractivity contribution >= 4 is 28.3 Å². The molecule has 1 heterocycles. The SMILES string of the molecule is Cc1csc(NC(=O)CNC(C)CCCC(C)C(=O)O)n1. The lowest BCUT2D eigenvalue weighted by molar-refractivity contribution is -0.141. The van der Waals surface area contributed by atoms with Crippen molar-refractivity contribution in [3.63, 3.8) is 0 Å². The molecule has 1 aromatic heterocycles. The van der Waals surface area contributed by atoms with E-state index in [1.165, 1.54) is 11.3 Å². The van der Waals surface area contributed by atoms with Gasteiger partial charge in [0.2, 0.25) is 5.91 Å². The van der Waals surface area contributed by atoms with Crippen molar-refractivity contribution in [1.82, 2.24) is 10.3 Å². The number of rotatable bonds is 9. The van der Waals surface area contributed by atoms with E-state index in [4.69, 9.17) is 5.11 Å². The minimum absolute atomic E-state index is 0.116. The second kappa shape index (κ2) is 8.74. The average Bonchev–Trinajstić information content (AvgIpc) is 2.81. The lowest BCUT2D eigenvalue weighted by atomic mass is 10.0. The van der Waals surface area contributed by atoms with Crippen LogP contribution in [0.1, 0.15) is 38.8 Å². The van der Waals surface area contributed by atoms with Crippen LogP contribution < -0.4 is 10.6 Å². The first-order valence-corrected chi connectivity index (χ1v) is 7.94. The Balaban J connectivity index is 2.16. The third-order valence-corrected chi connectivity index (χ3v) is 4.05. The average molecular weight is 313 g/mol. The van der Waals surface area contributed by atoms with Crippen molar-refractivity contribution in [2.24, 2.45) is 5.92 Å². The first-order valence-electron chi connectivity index (χ1n) is 7.06. The lowest BCUT2D eigenvalue weighted by Gasteiger charge is -2.14. The molecule has 2 atom stereocenters. The van der Waals surface area contributed by atoms with E-state index >= 15 is 0 Å². The molecular formula is C14H23N3O3S. The molecule has 0 aliphatic rings. The number of anilines is 1. The minimum Gasteiger partial charge on any atom is -0.481 e. The van der Waals surface area contributed by atoms with Crippen molar-refractivity contribution in [1.29, 1.82) is 0 Å². The minimum atomic E-state index is -0.756.